The lowest BCUT2D eigenvalue weighted by Gasteiger charge is -2.06. The minimum Gasteiger partial charge on any atom is -0.392 e. The van der Waals surface area contributed by atoms with Gasteiger partial charge in [-0.1, -0.05) is 12.1 Å². The first-order valence-electron chi connectivity index (χ1n) is 6.09. The highest BCUT2D eigenvalue weighted by Crippen LogP contribution is 2.41. The highest BCUT2D eigenvalue weighted by molar-refractivity contribution is 5.48. The smallest absolute Gasteiger partial charge is 0.115 e. The van der Waals surface area contributed by atoms with Gasteiger partial charge in [0.15, 0.2) is 0 Å². The maximum Gasteiger partial charge on any atom is 0.115 e. The first kappa shape index (κ1) is 11.2. The lowest BCUT2D eigenvalue weighted by Crippen LogP contribution is -2.04. The Labute approximate surface area is 106 Å². The van der Waals surface area contributed by atoms with Gasteiger partial charge in [0.25, 0.3) is 0 Å². The van der Waals surface area contributed by atoms with E-state index in [4.69, 9.17) is 5.11 Å². The first-order chi connectivity index (χ1) is 8.86. The van der Waals surface area contributed by atoms with E-state index in [1.54, 1.807) is 12.5 Å². The molecule has 0 bridgehead atoms. The van der Waals surface area contributed by atoms with Crippen LogP contribution in [0.2, 0.25) is 0 Å². The van der Waals surface area contributed by atoms with Crippen molar-refractivity contribution >= 4 is 5.69 Å². The molecule has 2 unspecified atom stereocenters. The van der Waals surface area contributed by atoms with Crippen molar-refractivity contribution in [2.75, 3.05) is 5.32 Å². The molecule has 1 aromatic carbocycles. The van der Waals surface area contributed by atoms with Crippen LogP contribution in [0.3, 0.4) is 0 Å². The number of hydrogen-bond donors (Lipinski definition) is 2. The molecule has 2 aromatic rings. The average molecular weight is 241 g/mol. The highest BCUT2D eigenvalue weighted by Gasteiger charge is 2.39. The number of benzene rings is 1. The van der Waals surface area contributed by atoms with E-state index in [9.17, 15) is 0 Å². The van der Waals surface area contributed by atoms with Crippen molar-refractivity contribution in [2.24, 2.45) is 0 Å². The number of aliphatic hydroxyl groups is 1. The fraction of sp³-hybridized carbons (Fsp3) is 0.286. The molecule has 0 saturated heterocycles. The van der Waals surface area contributed by atoms with Crippen LogP contribution in [0.5, 0.6) is 0 Å². The van der Waals surface area contributed by atoms with Gasteiger partial charge in [0.2, 0.25) is 0 Å². The van der Waals surface area contributed by atoms with Crippen LogP contribution in [0.15, 0.2) is 42.9 Å². The second-order valence-corrected chi connectivity index (χ2v) is 4.58. The topological polar surface area (TPSA) is 58.0 Å². The van der Waals surface area contributed by atoms with E-state index in [2.05, 4.69) is 15.3 Å². The Hall–Kier alpha value is -1.94. The number of rotatable bonds is 4. The quantitative estimate of drug-likeness (QED) is 0.858. The van der Waals surface area contributed by atoms with Gasteiger partial charge in [-0.05, 0) is 30.2 Å². The predicted octanol–water partition coefficient (Wildman–Crippen LogP) is 1.94. The Morgan fingerprint density at radius 3 is 2.72 bits per heavy atom. The van der Waals surface area contributed by atoms with Gasteiger partial charge in [0.05, 0.1) is 6.61 Å². The summed E-state index contributed by atoms with van der Waals surface area (Å²) in [5.74, 6) is 0.491. The molecule has 0 radical (unpaired) electrons. The van der Waals surface area contributed by atoms with E-state index in [1.165, 1.54) is 0 Å². The van der Waals surface area contributed by atoms with E-state index in [0.29, 0.717) is 12.0 Å². The van der Waals surface area contributed by atoms with Gasteiger partial charge in [-0.15, -0.1) is 0 Å². The van der Waals surface area contributed by atoms with Crippen molar-refractivity contribution < 1.29 is 5.11 Å². The third-order valence-electron chi connectivity index (χ3n) is 3.26. The molecule has 2 atom stereocenters. The van der Waals surface area contributed by atoms with Crippen LogP contribution in [0.4, 0.5) is 5.69 Å². The zero-order valence-electron chi connectivity index (χ0n) is 9.95. The molecule has 4 nitrogen and oxygen atoms in total. The van der Waals surface area contributed by atoms with Crippen molar-refractivity contribution in [1.29, 1.82) is 0 Å². The van der Waals surface area contributed by atoms with Crippen molar-refractivity contribution in [2.45, 2.75) is 25.0 Å². The molecule has 18 heavy (non-hydrogen) atoms. The summed E-state index contributed by atoms with van der Waals surface area (Å²) in [5.41, 5.74) is 3.13. The van der Waals surface area contributed by atoms with E-state index in [0.717, 1.165) is 23.4 Å². The second-order valence-electron chi connectivity index (χ2n) is 4.58. The standard InChI is InChI=1S/C14H15N3O/c18-8-10-1-3-11(4-2-10)17-14-7-12(14)13-5-6-15-9-16-13/h1-6,9,12,14,17-18H,7-8H2. The van der Waals surface area contributed by atoms with E-state index in [1.807, 2.05) is 30.3 Å². The monoisotopic (exact) mass is 241 g/mol. The summed E-state index contributed by atoms with van der Waals surface area (Å²) in [6, 6.07) is 10.3. The van der Waals surface area contributed by atoms with Gasteiger partial charge in [0.1, 0.15) is 6.33 Å². The van der Waals surface area contributed by atoms with Crippen molar-refractivity contribution in [1.82, 2.24) is 9.97 Å². The molecule has 1 aromatic heterocycles. The zero-order chi connectivity index (χ0) is 12.4. The lowest BCUT2D eigenvalue weighted by molar-refractivity contribution is 0.282. The van der Waals surface area contributed by atoms with Crippen LogP contribution >= 0.6 is 0 Å². The fourth-order valence-corrected chi connectivity index (χ4v) is 2.12. The third kappa shape index (κ3) is 2.33. The second kappa shape index (κ2) is 4.74. The van der Waals surface area contributed by atoms with Crippen LogP contribution in [0, 0.1) is 0 Å². The number of aromatic nitrogens is 2. The van der Waals surface area contributed by atoms with Crippen LogP contribution < -0.4 is 5.32 Å². The van der Waals surface area contributed by atoms with Gasteiger partial charge >= 0.3 is 0 Å². The number of nitrogens with zero attached hydrogens (tertiary/aromatic N) is 2. The number of nitrogens with one attached hydrogen (secondary N) is 1. The Morgan fingerprint density at radius 1 is 1.22 bits per heavy atom. The van der Waals surface area contributed by atoms with Gasteiger partial charge < -0.3 is 10.4 Å². The summed E-state index contributed by atoms with van der Waals surface area (Å²) in [4.78, 5) is 8.20. The molecular formula is C14H15N3O. The molecular weight excluding hydrogens is 226 g/mol. The van der Waals surface area contributed by atoms with Gasteiger partial charge in [-0.3, -0.25) is 0 Å². The number of aliphatic hydroxyl groups excluding tert-OH is 1. The van der Waals surface area contributed by atoms with E-state index in [-0.39, 0.29) is 6.61 Å². The Morgan fingerprint density at radius 2 is 2.06 bits per heavy atom. The SMILES string of the molecule is OCc1ccc(NC2CC2c2ccncn2)cc1. The van der Waals surface area contributed by atoms with E-state index >= 15 is 0 Å². The largest absolute Gasteiger partial charge is 0.392 e. The molecule has 1 aliphatic carbocycles. The maximum atomic E-state index is 8.98. The predicted molar refractivity (Wildman–Crippen MR) is 69.2 cm³/mol. The normalized spacial score (nSPS) is 21.6. The van der Waals surface area contributed by atoms with Crippen LogP contribution in [0.1, 0.15) is 23.6 Å². The van der Waals surface area contributed by atoms with Crippen molar-refractivity contribution in [3.63, 3.8) is 0 Å². The molecule has 0 aliphatic heterocycles. The molecule has 1 heterocycles. The summed E-state index contributed by atoms with van der Waals surface area (Å²) >= 11 is 0. The molecule has 0 amide bonds. The maximum absolute atomic E-state index is 8.98. The van der Waals surface area contributed by atoms with Gasteiger partial charge in [-0.2, -0.15) is 0 Å². The molecule has 1 fully saturated rings. The average Bonchev–Trinajstić information content (AvgIpc) is 3.20. The number of anilines is 1. The summed E-state index contributed by atoms with van der Waals surface area (Å²) in [6.45, 7) is 0.0905. The van der Waals surface area contributed by atoms with Crippen LogP contribution in [-0.2, 0) is 6.61 Å². The minimum atomic E-state index is 0.0905. The molecule has 92 valence electrons. The fourth-order valence-electron chi connectivity index (χ4n) is 2.12. The molecule has 1 aliphatic rings. The Balaban J connectivity index is 1.62. The summed E-state index contributed by atoms with van der Waals surface area (Å²) in [6.07, 6.45) is 4.49. The first-order valence-corrected chi connectivity index (χ1v) is 6.09. The molecule has 3 rings (SSSR count). The molecule has 1 saturated carbocycles. The highest BCUT2D eigenvalue weighted by atomic mass is 16.3. The third-order valence-corrected chi connectivity index (χ3v) is 3.26. The summed E-state index contributed by atoms with van der Waals surface area (Å²) < 4.78 is 0. The number of hydrogen-bond acceptors (Lipinski definition) is 4. The van der Waals surface area contributed by atoms with Crippen LogP contribution in [0.25, 0.3) is 0 Å². The summed E-state index contributed by atoms with van der Waals surface area (Å²) in [5, 5.41) is 12.5. The zero-order valence-corrected chi connectivity index (χ0v) is 9.95. The van der Waals surface area contributed by atoms with E-state index < -0.39 is 0 Å². The Bertz CT molecular complexity index is 512. The van der Waals surface area contributed by atoms with Crippen molar-refractivity contribution in [3.05, 3.63) is 54.1 Å². The van der Waals surface area contributed by atoms with Gasteiger partial charge in [0, 0.05) is 29.5 Å². The molecule has 0 spiro atoms. The Kier molecular flexibility index (Phi) is 2.94. The molecule has 2 N–H and O–H groups in total. The lowest BCUT2D eigenvalue weighted by atomic mass is 10.2. The minimum absolute atomic E-state index is 0.0905. The van der Waals surface area contributed by atoms with Crippen molar-refractivity contribution in [3.8, 4) is 0 Å². The summed E-state index contributed by atoms with van der Waals surface area (Å²) in [7, 11) is 0. The molecule has 4 heteroatoms. The van der Waals surface area contributed by atoms with Crippen LogP contribution in [-0.4, -0.2) is 21.1 Å². The van der Waals surface area contributed by atoms with Gasteiger partial charge in [-0.25, -0.2) is 9.97 Å².